The summed E-state index contributed by atoms with van der Waals surface area (Å²) in [4.78, 5) is 3.56. The van der Waals surface area contributed by atoms with E-state index in [1.165, 1.54) is 82.3 Å². The van der Waals surface area contributed by atoms with Gasteiger partial charge in [0.1, 0.15) is 0 Å². The first kappa shape index (κ1) is 23.1. The van der Waals surface area contributed by atoms with Gasteiger partial charge in [0.2, 0.25) is 0 Å². The molecule has 2 heteroatoms. The molecule has 0 fully saturated rings. The first-order valence-corrected chi connectivity index (χ1v) is 14.4. The van der Waals surface area contributed by atoms with Gasteiger partial charge in [0.15, 0.2) is 0 Å². The quantitative estimate of drug-likeness (QED) is 0.233. The summed E-state index contributed by atoms with van der Waals surface area (Å²) in [5.74, 6) is 0. The fourth-order valence-electron chi connectivity index (χ4n) is 6.71. The third-order valence-electron chi connectivity index (χ3n) is 8.72. The number of hydrogen-bond acceptors (Lipinski definition) is 0. The average molecular weight is 535 g/mol. The molecule has 2 nitrogen and oxygen atoms in total. The Labute approximate surface area is 243 Å². The standard InChI is InChI=1S/C40H26N2/c1-2-10-27-23-30(18-17-26(27)9-1)31-11-4-7-15-38(31)42-39-16-8-5-13-33(39)35-25-29(20-22-40(35)42)28-19-21-37-34(24-28)32-12-3-6-14-36(32)41-37/h1-25,41H. The third-order valence-corrected chi connectivity index (χ3v) is 8.72. The fraction of sp³-hybridized carbons (Fsp3) is 0. The second kappa shape index (κ2) is 8.95. The van der Waals surface area contributed by atoms with E-state index in [1.54, 1.807) is 0 Å². The molecule has 1 N–H and O–H groups in total. The highest BCUT2D eigenvalue weighted by Gasteiger charge is 2.16. The predicted octanol–water partition coefficient (Wildman–Crippen LogP) is 10.9. The third kappa shape index (κ3) is 3.45. The summed E-state index contributed by atoms with van der Waals surface area (Å²) in [5.41, 5.74) is 10.8. The Hall–Kier alpha value is -5.60. The molecular formula is C40H26N2. The second-order valence-corrected chi connectivity index (χ2v) is 11.1. The first-order valence-electron chi connectivity index (χ1n) is 14.4. The number of rotatable bonds is 3. The van der Waals surface area contributed by atoms with Crippen molar-refractivity contribution in [2.24, 2.45) is 0 Å². The zero-order valence-corrected chi connectivity index (χ0v) is 22.9. The minimum absolute atomic E-state index is 1.17. The minimum Gasteiger partial charge on any atom is -0.355 e. The lowest BCUT2D eigenvalue weighted by molar-refractivity contribution is 1.18. The molecule has 0 radical (unpaired) electrons. The van der Waals surface area contributed by atoms with Crippen molar-refractivity contribution in [3.05, 3.63) is 152 Å². The van der Waals surface area contributed by atoms with Gasteiger partial charge in [-0.3, -0.25) is 0 Å². The Kier molecular flexibility index (Phi) is 4.93. The fourth-order valence-corrected chi connectivity index (χ4v) is 6.71. The largest absolute Gasteiger partial charge is 0.355 e. The SMILES string of the molecule is c1ccc(-n2c3ccccc3c3cc(-c4ccc5[nH]c6ccccc6c5c4)ccc32)c(-c2ccc3ccccc3c2)c1. The first-order chi connectivity index (χ1) is 20.8. The molecule has 2 heterocycles. The van der Waals surface area contributed by atoms with Crippen molar-refractivity contribution in [3.8, 4) is 27.9 Å². The van der Waals surface area contributed by atoms with E-state index < -0.39 is 0 Å². The van der Waals surface area contributed by atoms with Crippen LogP contribution < -0.4 is 0 Å². The van der Waals surface area contributed by atoms with Crippen LogP contribution in [0.3, 0.4) is 0 Å². The van der Waals surface area contributed by atoms with E-state index in [2.05, 4.69) is 161 Å². The number of aromatic amines is 1. The molecule has 0 aliphatic carbocycles. The molecule has 2 aromatic heterocycles. The zero-order valence-electron chi connectivity index (χ0n) is 22.9. The molecule has 0 saturated carbocycles. The van der Waals surface area contributed by atoms with Crippen LogP contribution in [0.25, 0.3) is 82.3 Å². The lowest BCUT2D eigenvalue weighted by Gasteiger charge is -2.14. The van der Waals surface area contributed by atoms with Crippen LogP contribution in [0.5, 0.6) is 0 Å². The lowest BCUT2D eigenvalue weighted by Crippen LogP contribution is -1.97. The van der Waals surface area contributed by atoms with Crippen LogP contribution >= 0.6 is 0 Å². The molecule has 0 bridgehead atoms. The molecule has 9 rings (SSSR count). The minimum atomic E-state index is 1.17. The van der Waals surface area contributed by atoms with Crippen molar-refractivity contribution in [3.63, 3.8) is 0 Å². The van der Waals surface area contributed by atoms with Crippen LogP contribution in [-0.2, 0) is 0 Å². The molecule has 0 unspecified atom stereocenters. The molecular weight excluding hydrogens is 508 g/mol. The van der Waals surface area contributed by atoms with E-state index in [-0.39, 0.29) is 0 Å². The maximum Gasteiger partial charge on any atom is 0.0541 e. The van der Waals surface area contributed by atoms with Gasteiger partial charge in [-0.05, 0) is 76.0 Å². The van der Waals surface area contributed by atoms with E-state index in [0.717, 1.165) is 0 Å². The van der Waals surface area contributed by atoms with Gasteiger partial charge in [-0.1, -0.05) is 103 Å². The maximum absolute atomic E-state index is 3.56. The monoisotopic (exact) mass is 534 g/mol. The zero-order chi connectivity index (χ0) is 27.6. The smallest absolute Gasteiger partial charge is 0.0541 e. The van der Waals surface area contributed by atoms with Crippen LogP contribution in [0.4, 0.5) is 0 Å². The highest BCUT2D eigenvalue weighted by molar-refractivity contribution is 6.12. The summed E-state index contributed by atoms with van der Waals surface area (Å²) in [7, 11) is 0. The van der Waals surface area contributed by atoms with Gasteiger partial charge >= 0.3 is 0 Å². The number of para-hydroxylation sites is 3. The topological polar surface area (TPSA) is 20.7 Å². The van der Waals surface area contributed by atoms with Gasteiger partial charge in [0.25, 0.3) is 0 Å². The highest BCUT2D eigenvalue weighted by atomic mass is 15.0. The van der Waals surface area contributed by atoms with Crippen LogP contribution in [0.15, 0.2) is 152 Å². The molecule has 0 spiro atoms. The number of hydrogen-bond donors (Lipinski definition) is 1. The van der Waals surface area contributed by atoms with Crippen LogP contribution in [-0.4, -0.2) is 9.55 Å². The Morgan fingerprint density at radius 3 is 1.95 bits per heavy atom. The molecule has 196 valence electrons. The number of benzene rings is 7. The number of H-pyrrole nitrogens is 1. The second-order valence-electron chi connectivity index (χ2n) is 11.1. The van der Waals surface area contributed by atoms with E-state index >= 15 is 0 Å². The van der Waals surface area contributed by atoms with Crippen molar-refractivity contribution in [2.45, 2.75) is 0 Å². The average Bonchev–Trinajstić information content (AvgIpc) is 3.59. The molecule has 0 atom stereocenters. The lowest BCUT2D eigenvalue weighted by atomic mass is 9.99. The van der Waals surface area contributed by atoms with Gasteiger partial charge < -0.3 is 9.55 Å². The van der Waals surface area contributed by atoms with Crippen molar-refractivity contribution in [2.75, 3.05) is 0 Å². The maximum atomic E-state index is 3.56. The van der Waals surface area contributed by atoms with Crippen LogP contribution in [0.2, 0.25) is 0 Å². The molecule has 0 amide bonds. The molecule has 7 aromatic carbocycles. The van der Waals surface area contributed by atoms with Crippen LogP contribution in [0, 0.1) is 0 Å². The van der Waals surface area contributed by atoms with Gasteiger partial charge in [0, 0.05) is 38.1 Å². The number of nitrogens with one attached hydrogen (secondary N) is 1. The molecule has 42 heavy (non-hydrogen) atoms. The molecule has 0 aliphatic rings. The summed E-state index contributed by atoms with van der Waals surface area (Å²) in [6.45, 7) is 0. The molecule has 0 saturated heterocycles. The van der Waals surface area contributed by atoms with Gasteiger partial charge in [-0.15, -0.1) is 0 Å². The normalized spacial score (nSPS) is 11.8. The van der Waals surface area contributed by atoms with Crippen molar-refractivity contribution in [1.29, 1.82) is 0 Å². The van der Waals surface area contributed by atoms with Crippen molar-refractivity contribution < 1.29 is 0 Å². The summed E-state index contributed by atoms with van der Waals surface area (Å²) < 4.78 is 2.43. The van der Waals surface area contributed by atoms with Gasteiger partial charge in [0.05, 0.1) is 16.7 Å². The summed E-state index contributed by atoms with van der Waals surface area (Å²) >= 11 is 0. The van der Waals surface area contributed by atoms with E-state index in [4.69, 9.17) is 0 Å². The summed E-state index contributed by atoms with van der Waals surface area (Å²) in [6.07, 6.45) is 0. The Balaban J connectivity index is 1.26. The van der Waals surface area contributed by atoms with Crippen molar-refractivity contribution in [1.82, 2.24) is 9.55 Å². The van der Waals surface area contributed by atoms with Gasteiger partial charge in [-0.2, -0.15) is 0 Å². The van der Waals surface area contributed by atoms with Crippen LogP contribution in [0.1, 0.15) is 0 Å². The van der Waals surface area contributed by atoms with E-state index in [9.17, 15) is 0 Å². The highest BCUT2D eigenvalue weighted by Crippen LogP contribution is 2.39. The Morgan fingerprint density at radius 1 is 0.381 bits per heavy atom. The Morgan fingerprint density at radius 2 is 1.02 bits per heavy atom. The summed E-state index contributed by atoms with van der Waals surface area (Å²) in [6, 6.07) is 55.1. The van der Waals surface area contributed by atoms with E-state index in [0.29, 0.717) is 0 Å². The number of aromatic nitrogens is 2. The number of fused-ring (bicyclic) bond motifs is 7. The predicted molar refractivity (Wildman–Crippen MR) is 179 cm³/mol. The molecule has 0 aliphatic heterocycles. The number of nitrogens with zero attached hydrogens (tertiary/aromatic N) is 1. The molecule has 9 aromatic rings. The van der Waals surface area contributed by atoms with Gasteiger partial charge in [-0.25, -0.2) is 0 Å². The Bertz CT molecular complexity index is 2470. The van der Waals surface area contributed by atoms with E-state index in [1.807, 2.05) is 0 Å². The summed E-state index contributed by atoms with van der Waals surface area (Å²) in [5, 5.41) is 7.55. The van der Waals surface area contributed by atoms with Crippen molar-refractivity contribution >= 4 is 54.4 Å².